The number of benzene rings is 1. The number of methoxy groups -OCH3 is 1. The van der Waals surface area contributed by atoms with Crippen LogP contribution < -0.4 is 19.1 Å². The van der Waals surface area contributed by atoms with Gasteiger partial charge in [0.2, 0.25) is 11.8 Å². The zero-order valence-electron chi connectivity index (χ0n) is 19.5. The number of sulfone groups is 1. The summed E-state index contributed by atoms with van der Waals surface area (Å²) in [7, 11) is -1.46. The van der Waals surface area contributed by atoms with Gasteiger partial charge < -0.3 is 24.0 Å². The largest absolute Gasteiger partial charge is 0.490 e. The lowest BCUT2D eigenvalue weighted by atomic mass is 10.0. The number of ether oxygens (including phenoxy) is 3. The van der Waals surface area contributed by atoms with Crippen LogP contribution in [-0.2, 0) is 14.6 Å². The average molecular weight is 522 g/mol. The van der Waals surface area contributed by atoms with Crippen molar-refractivity contribution in [3.8, 4) is 17.4 Å². The molecule has 35 heavy (non-hydrogen) atoms. The molecule has 2 aromatic rings. The van der Waals surface area contributed by atoms with Crippen LogP contribution in [0.5, 0.6) is 17.4 Å². The third-order valence-corrected chi connectivity index (χ3v) is 8.74. The predicted molar refractivity (Wildman–Crippen MR) is 132 cm³/mol. The Morgan fingerprint density at radius 2 is 1.97 bits per heavy atom. The Balaban J connectivity index is 1.26. The van der Waals surface area contributed by atoms with E-state index in [1.807, 2.05) is 29.2 Å². The fourth-order valence-electron chi connectivity index (χ4n) is 4.86. The van der Waals surface area contributed by atoms with Crippen molar-refractivity contribution >= 4 is 38.7 Å². The Hall–Kier alpha value is -2.72. The van der Waals surface area contributed by atoms with Gasteiger partial charge in [0, 0.05) is 24.9 Å². The molecule has 9 nitrogen and oxygen atoms in total. The topological polar surface area (TPSA) is 98.3 Å². The van der Waals surface area contributed by atoms with Crippen molar-refractivity contribution in [3.05, 3.63) is 35.5 Å². The fraction of sp³-hybridized carbons (Fsp3) is 0.500. The van der Waals surface area contributed by atoms with E-state index >= 15 is 0 Å². The number of amides is 1. The third-order valence-electron chi connectivity index (χ3n) is 6.75. The molecule has 1 unspecified atom stereocenters. The molecule has 188 valence electrons. The molecule has 3 aliphatic heterocycles. The van der Waals surface area contributed by atoms with Crippen LogP contribution in [0.2, 0.25) is 5.02 Å². The summed E-state index contributed by atoms with van der Waals surface area (Å²) in [4.78, 5) is 21.1. The molecular weight excluding hydrogens is 494 g/mol. The summed E-state index contributed by atoms with van der Waals surface area (Å²) in [5, 5.41) is 0.428. The van der Waals surface area contributed by atoms with E-state index in [2.05, 4.69) is 9.88 Å². The number of rotatable bonds is 5. The van der Waals surface area contributed by atoms with Crippen LogP contribution >= 0.6 is 11.6 Å². The molecule has 1 aromatic carbocycles. The maximum absolute atomic E-state index is 12.9. The molecule has 3 aliphatic rings. The highest BCUT2D eigenvalue weighted by atomic mass is 35.5. The summed E-state index contributed by atoms with van der Waals surface area (Å²) in [5.74, 6) is 1.83. The van der Waals surface area contributed by atoms with Crippen LogP contribution in [0.3, 0.4) is 0 Å². The summed E-state index contributed by atoms with van der Waals surface area (Å²) in [5.41, 5.74) is 1.68. The van der Waals surface area contributed by atoms with Gasteiger partial charge in [0.05, 0.1) is 49.3 Å². The molecule has 11 heteroatoms. The highest BCUT2D eigenvalue weighted by Crippen LogP contribution is 2.40. The van der Waals surface area contributed by atoms with E-state index in [4.69, 9.17) is 25.8 Å². The Labute approximate surface area is 209 Å². The number of nitrogens with zero attached hydrogens (tertiary/aromatic N) is 3. The molecule has 0 N–H and O–H groups in total. The number of carbonyl (C=O) groups is 1. The van der Waals surface area contributed by atoms with Gasteiger partial charge in [0.15, 0.2) is 0 Å². The van der Waals surface area contributed by atoms with Crippen molar-refractivity contribution < 1.29 is 27.4 Å². The smallest absolute Gasteiger partial charge is 0.232 e. The lowest BCUT2D eigenvalue weighted by molar-refractivity contribution is -0.135. The van der Waals surface area contributed by atoms with Gasteiger partial charge in [-0.15, -0.1) is 0 Å². The van der Waals surface area contributed by atoms with Crippen LogP contribution in [0.25, 0.3) is 0 Å². The molecule has 0 radical (unpaired) electrons. The number of fused-ring (bicyclic) bond motifs is 1. The zero-order valence-corrected chi connectivity index (χ0v) is 21.1. The summed E-state index contributed by atoms with van der Waals surface area (Å²) in [6, 6.07) is 7.50. The predicted octanol–water partition coefficient (Wildman–Crippen LogP) is 3.08. The summed E-state index contributed by atoms with van der Waals surface area (Å²) in [6.07, 6.45) is 3.14. The first kappa shape index (κ1) is 24.0. The van der Waals surface area contributed by atoms with Gasteiger partial charge in [-0.25, -0.2) is 13.4 Å². The number of hydrogen-bond donors (Lipinski definition) is 0. The van der Waals surface area contributed by atoms with E-state index in [9.17, 15) is 13.2 Å². The number of hydrogen-bond acceptors (Lipinski definition) is 8. The van der Waals surface area contributed by atoms with Crippen molar-refractivity contribution in [1.82, 2.24) is 9.88 Å². The molecule has 0 spiro atoms. The van der Waals surface area contributed by atoms with Crippen molar-refractivity contribution in [1.29, 1.82) is 0 Å². The van der Waals surface area contributed by atoms with E-state index < -0.39 is 9.84 Å². The van der Waals surface area contributed by atoms with E-state index in [0.29, 0.717) is 55.7 Å². The average Bonchev–Trinajstić information content (AvgIpc) is 3.31. The molecule has 2 fully saturated rings. The molecule has 1 aromatic heterocycles. The first-order valence-corrected chi connectivity index (χ1v) is 13.9. The third kappa shape index (κ3) is 5.13. The first-order chi connectivity index (χ1) is 16.8. The van der Waals surface area contributed by atoms with E-state index in [1.165, 1.54) is 7.11 Å². The maximum Gasteiger partial charge on any atom is 0.232 e. The number of aromatic nitrogens is 1. The molecule has 0 bridgehead atoms. The second-order valence-corrected chi connectivity index (χ2v) is 11.8. The minimum atomic E-state index is -2.99. The van der Waals surface area contributed by atoms with Crippen molar-refractivity contribution in [3.63, 3.8) is 0 Å². The van der Waals surface area contributed by atoms with Gasteiger partial charge in [-0.1, -0.05) is 11.6 Å². The minimum Gasteiger partial charge on any atom is -0.490 e. The number of halogens is 1. The highest BCUT2D eigenvalue weighted by Gasteiger charge is 2.35. The van der Waals surface area contributed by atoms with Gasteiger partial charge in [-0.2, -0.15) is 0 Å². The normalized spacial score (nSPS) is 21.8. The molecule has 1 atom stereocenters. The standard InChI is InChI=1S/C24H28ClN3O6S/c1-32-23-20(25)12-17(14-26-23)28-8-9-33-22-3-2-18(13-21(22)28)34-19-4-7-27(15-19)24(29)16-5-10-35(30,31)11-6-16/h2-3,12-14,16,19H,4-11,15H2,1H3. The number of anilines is 2. The van der Waals surface area contributed by atoms with E-state index in [0.717, 1.165) is 23.5 Å². The van der Waals surface area contributed by atoms with Gasteiger partial charge in [-0.3, -0.25) is 4.79 Å². The lowest BCUT2D eigenvalue weighted by Crippen LogP contribution is -2.39. The Morgan fingerprint density at radius 1 is 1.17 bits per heavy atom. The molecule has 5 rings (SSSR count). The fourth-order valence-corrected chi connectivity index (χ4v) is 6.59. The van der Waals surface area contributed by atoms with Crippen LogP contribution in [0.15, 0.2) is 30.5 Å². The quantitative estimate of drug-likeness (QED) is 0.592. The van der Waals surface area contributed by atoms with Crippen LogP contribution in [0.4, 0.5) is 11.4 Å². The number of carbonyl (C=O) groups excluding carboxylic acids is 1. The molecule has 4 heterocycles. The monoisotopic (exact) mass is 521 g/mol. The maximum atomic E-state index is 12.9. The Morgan fingerprint density at radius 3 is 2.71 bits per heavy atom. The molecule has 2 saturated heterocycles. The van der Waals surface area contributed by atoms with Crippen molar-refractivity contribution in [2.24, 2.45) is 5.92 Å². The van der Waals surface area contributed by atoms with E-state index in [-0.39, 0.29) is 29.4 Å². The summed E-state index contributed by atoms with van der Waals surface area (Å²) < 4.78 is 40.6. The first-order valence-electron chi connectivity index (χ1n) is 11.7. The molecule has 1 amide bonds. The SMILES string of the molecule is COc1ncc(N2CCOc3ccc(OC4CCN(C(=O)C5CCS(=O)(=O)CC5)C4)cc32)cc1Cl. The second-order valence-electron chi connectivity index (χ2n) is 9.05. The minimum absolute atomic E-state index is 0.0416. The van der Waals surface area contributed by atoms with Gasteiger partial charge in [-0.05, 0) is 31.0 Å². The zero-order chi connectivity index (χ0) is 24.6. The van der Waals surface area contributed by atoms with Crippen molar-refractivity contribution in [2.45, 2.75) is 25.4 Å². The molecule has 0 aliphatic carbocycles. The summed E-state index contributed by atoms with van der Waals surface area (Å²) >= 11 is 6.30. The molecule has 0 saturated carbocycles. The summed E-state index contributed by atoms with van der Waals surface area (Å²) in [6.45, 7) is 2.27. The molecular formula is C24H28ClN3O6S. The Kier molecular flexibility index (Phi) is 6.67. The van der Waals surface area contributed by atoms with Crippen LogP contribution in [0, 0.1) is 5.92 Å². The van der Waals surface area contributed by atoms with Gasteiger partial charge in [0.25, 0.3) is 0 Å². The Bertz CT molecular complexity index is 1210. The van der Waals surface area contributed by atoms with Gasteiger partial charge >= 0.3 is 0 Å². The highest BCUT2D eigenvalue weighted by molar-refractivity contribution is 7.91. The number of likely N-dealkylation sites (tertiary alicyclic amines) is 1. The van der Waals surface area contributed by atoms with Crippen molar-refractivity contribution in [2.75, 3.05) is 49.8 Å². The van der Waals surface area contributed by atoms with E-state index in [1.54, 1.807) is 6.20 Å². The van der Waals surface area contributed by atoms with Crippen LogP contribution in [0.1, 0.15) is 19.3 Å². The lowest BCUT2D eigenvalue weighted by Gasteiger charge is -2.31. The van der Waals surface area contributed by atoms with Gasteiger partial charge in [0.1, 0.15) is 39.1 Å². The second kappa shape index (κ2) is 9.73. The van der Waals surface area contributed by atoms with Crippen LogP contribution in [-0.4, -0.2) is 75.2 Å². The number of pyridine rings is 1.